The molecule has 0 spiro atoms. The summed E-state index contributed by atoms with van der Waals surface area (Å²) in [4.78, 5) is 28.3. The second-order valence-electron chi connectivity index (χ2n) is 9.66. The molecule has 4 aromatic rings. The molecule has 2 amide bonds. The fraction of sp³-hybridized carbons (Fsp3) is 0.258. The zero-order valence-electron chi connectivity index (χ0n) is 22.3. The van der Waals surface area contributed by atoms with Crippen molar-refractivity contribution in [3.8, 4) is 16.9 Å². The molecule has 1 aromatic heterocycles. The van der Waals surface area contributed by atoms with E-state index >= 15 is 0 Å². The molecule has 1 aliphatic heterocycles. The fourth-order valence-corrected chi connectivity index (χ4v) is 6.05. The third kappa shape index (κ3) is 5.34. The van der Waals surface area contributed by atoms with E-state index in [4.69, 9.17) is 5.10 Å². The Kier molecular flexibility index (Phi) is 7.84. The van der Waals surface area contributed by atoms with Crippen molar-refractivity contribution >= 4 is 29.4 Å². The maximum absolute atomic E-state index is 14.5. The van der Waals surface area contributed by atoms with Gasteiger partial charge in [0, 0.05) is 17.7 Å². The van der Waals surface area contributed by atoms with Crippen molar-refractivity contribution in [2.75, 3.05) is 23.7 Å². The average Bonchev–Trinajstić information content (AvgIpc) is 3.25. The first-order valence-electron chi connectivity index (χ1n) is 13.1. The van der Waals surface area contributed by atoms with Gasteiger partial charge in [0.05, 0.1) is 22.4 Å². The quantitative estimate of drug-likeness (QED) is 0.312. The monoisotopic (exact) mass is 542 g/mol. The maximum atomic E-state index is 14.5. The van der Waals surface area contributed by atoms with Crippen LogP contribution < -0.4 is 10.2 Å². The van der Waals surface area contributed by atoms with Crippen LogP contribution in [-0.2, 0) is 9.59 Å². The van der Waals surface area contributed by atoms with Crippen LogP contribution in [0.5, 0.6) is 0 Å². The molecule has 5 rings (SSSR count). The molecule has 0 radical (unpaired) electrons. The Bertz CT molecular complexity index is 1520. The van der Waals surface area contributed by atoms with E-state index in [1.165, 1.54) is 23.9 Å². The number of halogens is 1. The summed E-state index contributed by atoms with van der Waals surface area (Å²) in [6, 6.07) is 22.3. The summed E-state index contributed by atoms with van der Waals surface area (Å²) in [5.74, 6) is -0.0985. The number of benzene rings is 3. The molecule has 1 aliphatic rings. The highest BCUT2D eigenvalue weighted by atomic mass is 32.2. The highest BCUT2D eigenvalue weighted by Gasteiger charge is 2.38. The van der Waals surface area contributed by atoms with Gasteiger partial charge < -0.3 is 5.32 Å². The molecule has 0 bridgehead atoms. The molecular formula is C31H31FN4O2S. The first-order chi connectivity index (χ1) is 18.9. The highest BCUT2D eigenvalue weighted by molar-refractivity contribution is 8.00. The number of hydrogen-bond donors (Lipinski definition) is 1. The second-order valence-corrected chi connectivity index (χ2v) is 10.8. The summed E-state index contributed by atoms with van der Waals surface area (Å²) in [6.45, 7) is 6.44. The van der Waals surface area contributed by atoms with Gasteiger partial charge in [0.1, 0.15) is 18.2 Å². The number of nitrogens with one attached hydrogen (secondary N) is 1. The van der Waals surface area contributed by atoms with Crippen LogP contribution in [0.3, 0.4) is 0 Å². The van der Waals surface area contributed by atoms with Gasteiger partial charge in [-0.05, 0) is 55.2 Å². The number of carbonyl (C=O) groups excluding carboxylic acids is 2. The van der Waals surface area contributed by atoms with Crippen molar-refractivity contribution in [2.24, 2.45) is 0 Å². The predicted octanol–water partition coefficient (Wildman–Crippen LogP) is 5.99. The van der Waals surface area contributed by atoms with E-state index < -0.39 is 0 Å². The molecule has 2 heterocycles. The highest BCUT2D eigenvalue weighted by Crippen LogP contribution is 2.48. The summed E-state index contributed by atoms with van der Waals surface area (Å²) in [6.07, 6.45) is 0.793. The van der Waals surface area contributed by atoms with Gasteiger partial charge in [0.2, 0.25) is 11.8 Å². The third-order valence-electron chi connectivity index (χ3n) is 6.97. The Morgan fingerprint density at radius 1 is 1.08 bits per heavy atom. The van der Waals surface area contributed by atoms with Crippen LogP contribution in [0.2, 0.25) is 0 Å². The fourth-order valence-electron chi connectivity index (χ4n) is 4.86. The number of hydrogen-bond acceptors (Lipinski definition) is 4. The summed E-state index contributed by atoms with van der Waals surface area (Å²) in [7, 11) is 0. The average molecular weight is 543 g/mol. The smallest absolute Gasteiger partial charge is 0.240 e. The first kappa shape index (κ1) is 26.7. The van der Waals surface area contributed by atoms with Crippen molar-refractivity contribution in [1.82, 2.24) is 15.1 Å². The topological polar surface area (TPSA) is 67.2 Å². The Morgan fingerprint density at radius 3 is 2.59 bits per heavy atom. The summed E-state index contributed by atoms with van der Waals surface area (Å²) in [5, 5.41) is 7.64. The van der Waals surface area contributed by atoms with E-state index in [-0.39, 0.29) is 35.2 Å². The Morgan fingerprint density at radius 2 is 1.85 bits per heavy atom. The van der Waals surface area contributed by atoms with Gasteiger partial charge in [-0.25, -0.2) is 9.07 Å². The SMILES string of the molecule is CCCNC(=O)CN1C(=O)CS[C@@H](c2cccc(F)c2)c2c(-c3ccccc3)nn(-c3cccc(C)c3C)c21. The van der Waals surface area contributed by atoms with Crippen molar-refractivity contribution in [3.63, 3.8) is 0 Å². The van der Waals surface area contributed by atoms with Gasteiger partial charge in [0.15, 0.2) is 0 Å². The summed E-state index contributed by atoms with van der Waals surface area (Å²) >= 11 is 1.43. The number of fused-ring (bicyclic) bond motifs is 1. The molecule has 200 valence electrons. The lowest BCUT2D eigenvalue weighted by Crippen LogP contribution is -2.42. The van der Waals surface area contributed by atoms with Gasteiger partial charge in [-0.2, -0.15) is 5.10 Å². The van der Waals surface area contributed by atoms with Crippen LogP contribution >= 0.6 is 11.8 Å². The number of nitrogens with zero attached hydrogens (tertiary/aromatic N) is 3. The van der Waals surface area contributed by atoms with Gasteiger partial charge in [-0.3, -0.25) is 14.5 Å². The van der Waals surface area contributed by atoms with E-state index in [0.29, 0.717) is 18.1 Å². The molecule has 39 heavy (non-hydrogen) atoms. The summed E-state index contributed by atoms with van der Waals surface area (Å²) < 4.78 is 16.3. The lowest BCUT2D eigenvalue weighted by atomic mass is 9.99. The number of aromatic nitrogens is 2. The second kappa shape index (κ2) is 11.5. The number of rotatable bonds is 7. The van der Waals surface area contributed by atoms with E-state index in [1.807, 2.05) is 75.4 Å². The summed E-state index contributed by atoms with van der Waals surface area (Å²) in [5.41, 5.74) is 6.03. The number of thioether (sulfide) groups is 1. The van der Waals surface area contributed by atoms with E-state index in [0.717, 1.165) is 39.9 Å². The van der Waals surface area contributed by atoms with Crippen LogP contribution in [0.15, 0.2) is 72.8 Å². The Balaban J connectivity index is 1.82. The van der Waals surface area contributed by atoms with Crippen molar-refractivity contribution in [1.29, 1.82) is 0 Å². The standard InChI is InChI=1S/C31H31FN4O2S/c1-4-16-33-26(37)18-35-27(38)19-39-30(23-13-9-14-24(32)17-23)28-29(22-11-6-5-7-12-22)34-36(31(28)35)25-15-8-10-20(2)21(25)3/h5-15,17,30H,4,16,18-19H2,1-3H3,(H,33,37)/t30-/m0/s1. The van der Waals surface area contributed by atoms with Gasteiger partial charge in [0.25, 0.3) is 0 Å². The molecule has 3 aromatic carbocycles. The normalized spacial score (nSPS) is 15.1. The molecule has 6 nitrogen and oxygen atoms in total. The molecule has 0 unspecified atom stereocenters. The first-order valence-corrected chi connectivity index (χ1v) is 14.1. The minimum absolute atomic E-state index is 0.132. The van der Waals surface area contributed by atoms with E-state index in [2.05, 4.69) is 5.32 Å². The number of carbonyl (C=O) groups is 2. The van der Waals surface area contributed by atoms with E-state index in [9.17, 15) is 14.0 Å². The third-order valence-corrected chi connectivity index (χ3v) is 8.22. The zero-order chi connectivity index (χ0) is 27.5. The van der Waals surface area contributed by atoms with Crippen LogP contribution in [0.4, 0.5) is 10.2 Å². The maximum Gasteiger partial charge on any atom is 0.240 e. The zero-order valence-corrected chi connectivity index (χ0v) is 23.1. The molecule has 1 N–H and O–H groups in total. The molecule has 1 atom stereocenters. The van der Waals surface area contributed by atoms with E-state index in [1.54, 1.807) is 15.6 Å². The van der Waals surface area contributed by atoms with Gasteiger partial charge in [-0.15, -0.1) is 11.8 Å². The Hall–Kier alpha value is -3.91. The lowest BCUT2D eigenvalue weighted by molar-refractivity contribution is -0.122. The number of amides is 2. The number of aryl methyl sites for hydroxylation is 1. The minimum atomic E-state index is -0.377. The molecule has 0 saturated heterocycles. The Labute approximate surface area is 232 Å². The molecule has 0 fully saturated rings. The van der Waals surface area contributed by atoms with Crippen LogP contribution in [0, 0.1) is 19.7 Å². The minimum Gasteiger partial charge on any atom is -0.355 e. The molecule has 0 saturated carbocycles. The van der Waals surface area contributed by atoms with Crippen molar-refractivity contribution < 1.29 is 14.0 Å². The predicted molar refractivity (Wildman–Crippen MR) is 155 cm³/mol. The van der Waals surface area contributed by atoms with Crippen molar-refractivity contribution in [2.45, 2.75) is 32.4 Å². The van der Waals surface area contributed by atoms with Crippen molar-refractivity contribution in [3.05, 3.63) is 101 Å². The van der Waals surface area contributed by atoms with Crippen LogP contribution in [-0.4, -0.2) is 40.4 Å². The lowest BCUT2D eigenvalue weighted by Gasteiger charge is -2.24. The van der Waals surface area contributed by atoms with Gasteiger partial charge >= 0.3 is 0 Å². The van der Waals surface area contributed by atoms with Crippen LogP contribution in [0.25, 0.3) is 16.9 Å². The van der Waals surface area contributed by atoms with Gasteiger partial charge in [-0.1, -0.05) is 61.5 Å². The van der Waals surface area contributed by atoms with Crippen LogP contribution in [0.1, 0.15) is 40.8 Å². The molecule has 0 aliphatic carbocycles. The largest absolute Gasteiger partial charge is 0.355 e. The molecular weight excluding hydrogens is 511 g/mol. The molecule has 8 heteroatoms. The number of anilines is 1.